The Hall–Kier alpha value is -1.62. The van der Waals surface area contributed by atoms with E-state index in [9.17, 15) is 14.3 Å². The summed E-state index contributed by atoms with van der Waals surface area (Å²) in [5.74, 6) is -0.0797. The first-order valence-electron chi connectivity index (χ1n) is 7.16. The largest absolute Gasteiger partial charge is 0.478 e. The van der Waals surface area contributed by atoms with Gasteiger partial charge in [0.15, 0.2) is 5.60 Å². The zero-order chi connectivity index (χ0) is 15.7. The predicted octanol–water partition coefficient (Wildman–Crippen LogP) is 2.36. The van der Waals surface area contributed by atoms with Gasteiger partial charge in [-0.3, -0.25) is 4.79 Å². The number of halogens is 1. The van der Waals surface area contributed by atoms with Crippen LogP contribution in [0.25, 0.3) is 0 Å². The highest BCUT2D eigenvalue weighted by Crippen LogP contribution is 2.25. The van der Waals surface area contributed by atoms with Crippen molar-refractivity contribution >= 4 is 5.91 Å². The van der Waals surface area contributed by atoms with Crippen molar-refractivity contribution in [1.82, 2.24) is 4.90 Å². The van der Waals surface area contributed by atoms with Crippen LogP contribution in [0.15, 0.2) is 24.3 Å². The normalized spacial score (nSPS) is 23.0. The summed E-state index contributed by atoms with van der Waals surface area (Å²) in [4.78, 5) is 14.2. The number of nitrogens with zero attached hydrogens (tertiary/aromatic N) is 1. The van der Waals surface area contributed by atoms with Crippen molar-refractivity contribution in [2.75, 3.05) is 13.1 Å². The first-order valence-corrected chi connectivity index (χ1v) is 7.16. The van der Waals surface area contributed by atoms with Crippen molar-refractivity contribution in [2.45, 2.75) is 44.8 Å². The van der Waals surface area contributed by atoms with E-state index >= 15 is 0 Å². The predicted molar refractivity (Wildman–Crippen MR) is 77.5 cm³/mol. The maximum absolute atomic E-state index is 12.9. The molecule has 2 rings (SSSR count). The van der Waals surface area contributed by atoms with E-state index in [0.717, 1.165) is 6.42 Å². The molecule has 1 aromatic rings. The van der Waals surface area contributed by atoms with Crippen molar-refractivity contribution in [2.24, 2.45) is 0 Å². The van der Waals surface area contributed by atoms with Gasteiger partial charge in [-0.2, -0.15) is 0 Å². The minimum Gasteiger partial charge on any atom is -0.478 e. The van der Waals surface area contributed by atoms with E-state index in [4.69, 9.17) is 4.74 Å². The molecule has 1 atom stereocenters. The average molecular weight is 295 g/mol. The SMILES string of the molecule is CC1(O)CCCN(C(=O)C(C)(C)Oc2ccc(F)cc2)C1. The van der Waals surface area contributed by atoms with Crippen LogP contribution in [0.3, 0.4) is 0 Å². The third kappa shape index (κ3) is 3.94. The Morgan fingerprint density at radius 1 is 1.38 bits per heavy atom. The first kappa shape index (κ1) is 15.8. The summed E-state index contributed by atoms with van der Waals surface area (Å²) in [5, 5.41) is 10.1. The molecule has 21 heavy (non-hydrogen) atoms. The Labute approximate surface area is 124 Å². The zero-order valence-electron chi connectivity index (χ0n) is 12.7. The Morgan fingerprint density at radius 3 is 2.57 bits per heavy atom. The third-order valence-electron chi connectivity index (χ3n) is 3.66. The number of benzene rings is 1. The molecule has 4 nitrogen and oxygen atoms in total. The second-order valence-corrected chi connectivity index (χ2v) is 6.39. The smallest absolute Gasteiger partial charge is 0.266 e. The molecule has 116 valence electrons. The number of β-amino-alcohol motifs (C(OH)–C–C–N with tert-alkyl or cyclic N) is 1. The second kappa shape index (κ2) is 5.64. The lowest BCUT2D eigenvalue weighted by Gasteiger charge is -2.40. The lowest BCUT2D eigenvalue weighted by molar-refractivity contribution is -0.151. The third-order valence-corrected chi connectivity index (χ3v) is 3.66. The lowest BCUT2D eigenvalue weighted by atomic mass is 9.93. The number of likely N-dealkylation sites (tertiary alicyclic amines) is 1. The van der Waals surface area contributed by atoms with Gasteiger partial charge in [0.1, 0.15) is 11.6 Å². The van der Waals surface area contributed by atoms with E-state index in [1.54, 1.807) is 25.7 Å². The molecule has 1 N–H and O–H groups in total. The molecule has 0 bridgehead atoms. The van der Waals surface area contributed by atoms with Gasteiger partial charge >= 0.3 is 0 Å². The van der Waals surface area contributed by atoms with Gasteiger partial charge in [-0.1, -0.05) is 0 Å². The molecule has 5 heteroatoms. The number of amides is 1. The number of hydrogen-bond acceptors (Lipinski definition) is 3. The lowest BCUT2D eigenvalue weighted by Crippen LogP contribution is -2.55. The van der Waals surface area contributed by atoms with Crippen molar-refractivity contribution < 1.29 is 19.0 Å². The van der Waals surface area contributed by atoms with E-state index < -0.39 is 11.2 Å². The van der Waals surface area contributed by atoms with Gasteiger partial charge in [0.05, 0.1) is 5.60 Å². The van der Waals surface area contributed by atoms with Crippen LogP contribution in [0.1, 0.15) is 33.6 Å². The standard InChI is InChI=1S/C16H22FNO3/c1-15(2,21-13-7-5-12(17)6-8-13)14(19)18-10-4-9-16(3,20)11-18/h5-8,20H,4,9-11H2,1-3H3. The molecular formula is C16H22FNO3. The Balaban J connectivity index is 2.07. The van der Waals surface area contributed by atoms with Crippen molar-refractivity contribution in [3.05, 3.63) is 30.1 Å². The molecule has 0 aromatic heterocycles. The number of rotatable bonds is 3. The summed E-state index contributed by atoms with van der Waals surface area (Å²) >= 11 is 0. The highest BCUT2D eigenvalue weighted by molar-refractivity contribution is 5.85. The van der Waals surface area contributed by atoms with Gasteiger partial charge in [-0.25, -0.2) is 4.39 Å². The van der Waals surface area contributed by atoms with Gasteiger partial charge in [-0.15, -0.1) is 0 Å². The van der Waals surface area contributed by atoms with Crippen LogP contribution in [0.4, 0.5) is 4.39 Å². The molecule has 1 fully saturated rings. The fourth-order valence-corrected chi connectivity index (χ4v) is 2.62. The molecule has 1 aliphatic rings. The summed E-state index contributed by atoms with van der Waals surface area (Å²) in [5.41, 5.74) is -1.91. The van der Waals surface area contributed by atoms with Gasteiger partial charge in [0.25, 0.3) is 5.91 Å². The molecular weight excluding hydrogens is 273 g/mol. The summed E-state index contributed by atoms with van der Waals surface area (Å²) in [6, 6.07) is 5.58. The van der Waals surface area contributed by atoms with E-state index in [1.165, 1.54) is 24.3 Å². The fourth-order valence-electron chi connectivity index (χ4n) is 2.62. The van der Waals surface area contributed by atoms with Crippen LogP contribution >= 0.6 is 0 Å². The maximum Gasteiger partial charge on any atom is 0.266 e. The van der Waals surface area contributed by atoms with Crippen molar-refractivity contribution in [3.8, 4) is 5.75 Å². The molecule has 1 amide bonds. The van der Waals surface area contributed by atoms with Gasteiger partial charge in [-0.05, 0) is 57.9 Å². The van der Waals surface area contributed by atoms with Gasteiger partial charge in [0.2, 0.25) is 0 Å². The summed E-state index contributed by atoms with van der Waals surface area (Å²) in [6.07, 6.45) is 1.46. The van der Waals surface area contributed by atoms with Crippen LogP contribution in [0.2, 0.25) is 0 Å². The van der Waals surface area contributed by atoms with Crippen LogP contribution in [-0.2, 0) is 4.79 Å². The van der Waals surface area contributed by atoms with Crippen LogP contribution in [-0.4, -0.2) is 40.2 Å². The molecule has 0 aliphatic carbocycles. The maximum atomic E-state index is 12.9. The quantitative estimate of drug-likeness (QED) is 0.931. The number of ether oxygens (including phenoxy) is 1. The van der Waals surface area contributed by atoms with Crippen molar-refractivity contribution in [1.29, 1.82) is 0 Å². The van der Waals surface area contributed by atoms with E-state index in [1.807, 2.05) is 0 Å². The zero-order valence-corrected chi connectivity index (χ0v) is 12.7. The molecule has 0 saturated carbocycles. The minimum atomic E-state index is -1.06. The Morgan fingerprint density at radius 2 is 2.00 bits per heavy atom. The van der Waals surface area contributed by atoms with E-state index in [0.29, 0.717) is 25.3 Å². The Bertz CT molecular complexity index is 511. The number of carbonyl (C=O) groups excluding carboxylic acids is 1. The highest BCUT2D eigenvalue weighted by atomic mass is 19.1. The van der Waals surface area contributed by atoms with E-state index in [-0.39, 0.29) is 11.7 Å². The van der Waals surface area contributed by atoms with Crippen LogP contribution in [0.5, 0.6) is 5.75 Å². The summed E-state index contributed by atoms with van der Waals surface area (Å²) < 4.78 is 18.6. The van der Waals surface area contributed by atoms with Gasteiger partial charge in [0, 0.05) is 13.1 Å². The number of aliphatic hydroxyl groups is 1. The summed E-state index contributed by atoms with van der Waals surface area (Å²) in [6.45, 7) is 6.03. The number of hydrogen-bond donors (Lipinski definition) is 1. The molecule has 0 spiro atoms. The van der Waals surface area contributed by atoms with Crippen molar-refractivity contribution in [3.63, 3.8) is 0 Å². The summed E-state index contributed by atoms with van der Waals surface area (Å²) in [7, 11) is 0. The Kier molecular flexibility index (Phi) is 4.23. The molecule has 1 heterocycles. The second-order valence-electron chi connectivity index (χ2n) is 6.39. The molecule has 1 saturated heterocycles. The first-order chi connectivity index (χ1) is 9.70. The number of piperidine rings is 1. The molecule has 0 radical (unpaired) electrons. The molecule has 1 aromatic carbocycles. The topological polar surface area (TPSA) is 49.8 Å². The fraction of sp³-hybridized carbons (Fsp3) is 0.562. The van der Waals surface area contributed by atoms with Crippen LogP contribution in [0, 0.1) is 5.82 Å². The average Bonchev–Trinajstić information content (AvgIpc) is 2.39. The molecule has 1 unspecified atom stereocenters. The highest BCUT2D eigenvalue weighted by Gasteiger charge is 2.39. The van der Waals surface area contributed by atoms with Gasteiger partial charge < -0.3 is 14.7 Å². The number of carbonyl (C=O) groups is 1. The van der Waals surface area contributed by atoms with E-state index in [2.05, 4.69) is 0 Å². The van der Waals surface area contributed by atoms with Crippen LogP contribution < -0.4 is 4.74 Å². The monoisotopic (exact) mass is 295 g/mol. The molecule has 1 aliphatic heterocycles. The minimum absolute atomic E-state index is 0.174.